The van der Waals surface area contributed by atoms with Gasteiger partial charge < -0.3 is 19.7 Å². The van der Waals surface area contributed by atoms with E-state index >= 15 is 0 Å². The van der Waals surface area contributed by atoms with Crippen LogP contribution >= 0.6 is 0 Å². The summed E-state index contributed by atoms with van der Waals surface area (Å²) in [6.45, 7) is 2.40. The van der Waals surface area contributed by atoms with Crippen molar-refractivity contribution in [3.8, 4) is 5.75 Å². The Morgan fingerprint density at radius 3 is 2.27 bits per heavy atom. The monoisotopic (exact) mass is 619 g/mol. The van der Waals surface area contributed by atoms with E-state index in [0.29, 0.717) is 38.4 Å². The summed E-state index contributed by atoms with van der Waals surface area (Å²) in [4.78, 5) is 29.7. The average molecular weight is 620 g/mol. The largest absolute Gasteiger partial charge is 0.497 e. The van der Waals surface area contributed by atoms with Crippen LogP contribution in [0.15, 0.2) is 83.8 Å². The van der Waals surface area contributed by atoms with Gasteiger partial charge in [-0.25, -0.2) is 8.42 Å². The molecule has 234 valence electrons. The molecule has 0 radical (unpaired) electrons. The Labute approximate surface area is 260 Å². The number of aryl methyl sites for hydroxylation is 1. The zero-order valence-electron chi connectivity index (χ0n) is 25.2. The Balaban J connectivity index is 1.36. The van der Waals surface area contributed by atoms with E-state index < -0.39 is 16.1 Å². The van der Waals surface area contributed by atoms with Gasteiger partial charge in [-0.05, 0) is 73.1 Å². The van der Waals surface area contributed by atoms with Crippen LogP contribution in [0.1, 0.15) is 54.8 Å². The van der Waals surface area contributed by atoms with Gasteiger partial charge in [0.2, 0.25) is 21.8 Å². The van der Waals surface area contributed by atoms with Gasteiger partial charge in [-0.1, -0.05) is 54.6 Å². The number of hydrogen-bond acceptors (Lipinski definition) is 6. The number of carbonyl (C=O) groups excluding carboxylic acids is 2. The minimum atomic E-state index is -3.51. The molecular formula is C34H41N3O6S. The molecule has 2 atom stereocenters. The Hall–Kier alpha value is -3.73. The molecule has 2 aliphatic rings. The highest BCUT2D eigenvalue weighted by Gasteiger charge is 2.32. The van der Waals surface area contributed by atoms with E-state index in [1.807, 2.05) is 54.6 Å². The summed E-state index contributed by atoms with van der Waals surface area (Å²) in [5, 5.41) is 3.04. The lowest BCUT2D eigenvalue weighted by atomic mass is 10.0. The first kappa shape index (κ1) is 31.7. The van der Waals surface area contributed by atoms with Gasteiger partial charge in [0, 0.05) is 39.2 Å². The average Bonchev–Trinajstić information content (AvgIpc) is 3.79. The quantitative estimate of drug-likeness (QED) is 0.303. The first-order chi connectivity index (χ1) is 21.3. The second kappa shape index (κ2) is 14.8. The van der Waals surface area contributed by atoms with E-state index in [4.69, 9.17) is 9.47 Å². The van der Waals surface area contributed by atoms with Crippen molar-refractivity contribution in [2.24, 2.45) is 0 Å². The summed E-state index contributed by atoms with van der Waals surface area (Å²) < 4.78 is 38.4. The van der Waals surface area contributed by atoms with Gasteiger partial charge in [-0.15, -0.1) is 0 Å². The second-order valence-corrected chi connectivity index (χ2v) is 13.3. The van der Waals surface area contributed by atoms with E-state index in [1.165, 1.54) is 4.31 Å². The molecule has 0 aliphatic carbocycles. The summed E-state index contributed by atoms with van der Waals surface area (Å²) in [7, 11) is -1.91. The van der Waals surface area contributed by atoms with Crippen LogP contribution in [0.5, 0.6) is 5.75 Å². The number of benzene rings is 3. The van der Waals surface area contributed by atoms with Crippen LogP contribution in [0, 0.1) is 0 Å². The Morgan fingerprint density at radius 2 is 1.64 bits per heavy atom. The maximum atomic E-state index is 14.0. The molecule has 2 saturated heterocycles. The molecule has 0 unspecified atom stereocenters. The molecule has 2 fully saturated rings. The normalized spacial score (nSPS) is 17.7. The number of amides is 2. The van der Waals surface area contributed by atoms with Crippen molar-refractivity contribution in [2.45, 2.75) is 62.1 Å². The number of hydrogen-bond donors (Lipinski definition) is 1. The molecule has 3 aromatic rings. The maximum Gasteiger partial charge on any atom is 0.247 e. The van der Waals surface area contributed by atoms with Crippen molar-refractivity contribution < 1.29 is 27.5 Å². The van der Waals surface area contributed by atoms with Crippen molar-refractivity contribution in [3.63, 3.8) is 0 Å². The third-order valence-electron chi connectivity index (χ3n) is 8.29. The molecule has 9 nitrogen and oxygen atoms in total. The van der Waals surface area contributed by atoms with Gasteiger partial charge in [-0.3, -0.25) is 9.59 Å². The molecule has 3 aromatic carbocycles. The molecule has 5 rings (SSSR count). The minimum Gasteiger partial charge on any atom is -0.497 e. The van der Waals surface area contributed by atoms with E-state index in [1.54, 1.807) is 36.3 Å². The molecule has 44 heavy (non-hydrogen) atoms. The lowest BCUT2D eigenvalue weighted by Gasteiger charge is -2.32. The zero-order valence-corrected chi connectivity index (χ0v) is 26.0. The van der Waals surface area contributed by atoms with Crippen molar-refractivity contribution in [2.75, 3.05) is 33.4 Å². The van der Waals surface area contributed by atoms with Gasteiger partial charge >= 0.3 is 0 Å². The number of carbonyl (C=O) groups is 2. The van der Waals surface area contributed by atoms with Crippen LogP contribution in [0.25, 0.3) is 0 Å². The second-order valence-electron chi connectivity index (χ2n) is 11.3. The van der Waals surface area contributed by atoms with E-state index in [-0.39, 0.29) is 35.8 Å². The highest BCUT2D eigenvalue weighted by molar-refractivity contribution is 7.89. The lowest BCUT2D eigenvalue weighted by Crippen LogP contribution is -2.45. The van der Waals surface area contributed by atoms with Gasteiger partial charge in [-0.2, -0.15) is 4.31 Å². The fraction of sp³-hybridized carbons (Fsp3) is 0.412. The van der Waals surface area contributed by atoms with Crippen LogP contribution in [-0.4, -0.2) is 68.9 Å². The predicted octanol–water partition coefficient (Wildman–Crippen LogP) is 4.48. The number of rotatable bonds is 13. The summed E-state index contributed by atoms with van der Waals surface area (Å²) in [5.41, 5.74) is 2.43. The van der Waals surface area contributed by atoms with Crippen molar-refractivity contribution in [1.82, 2.24) is 14.5 Å². The SMILES string of the molecule is COc1ccc(CN(C(=O)CCc2ccc(S(=O)(=O)N3CCCC3)cc2)[C@H](C(=O)NC[C@H]2CCCO2)c2ccccc2)cc1. The molecule has 0 bridgehead atoms. The van der Waals surface area contributed by atoms with Crippen LogP contribution < -0.4 is 10.1 Å². The van der Waals surface area contributed by atoms with Crippen molar-refractivity contribution >= 4 is 21.8 Å². The smallest absolute Gasteiger partial charge is 0.247 e. The van der Waals surface area contributed by atoms with E-state index in [0.717, 1.165) is 42.4 Å². The first-order valence-electron chi connectivity index (χ1n) is 15.3. The Bertz CT molecular complexity index is 1480. The Morgan fingerprint density at radius 1 is 0.955 bits per heavy atom. The van der Waals surface area contributed by atoms with Gasteiger partial charge in [0.05, 0.1) is 18.1 Å². The third kappa shape index (κ3) is 7.85. The summed E-state index contributed by atoms with van der Waals surface area (Å²) in [5.74, 6) is 0.261. The fourth-order valence-electron chi connectivity index (χ4n) is 5.78. The number of ether oxygens (including phenoxy) is 2. The molecule has 2 amide bonds. The molecule has 10 heteroatoms. The van der Waals surface area contributed by atoms with Gasteiger partial charge in [0.25, 0.3) is 0 Å². The number of methoxy groups -OCH3 is 1. The molecule has 1 N–H and O–H groups in total. The van der Waals surface area contributed by atoms with Crippen LogP contribution in [0.3, 0.4) is 0 Å². The standard InChI is InChI=1S/C34H41N3O6S/c1-42-29-16-11-27(12-17-29)25-37(33(28-8-3-2-4-9-28)34(39)35-24-30-10-7-23-43-30)32(38)20-15-26-13-18-31(19-14-26)44(40,41)36-21-5-6-22-36/h2-4,8-9,11-14,16-19,30,33H,5-7,10,15,20-25H2,1H3,(H,35,39)/t30-,33+/m1/s1. The van der Waals surface area contributed by atoms with Crippen molar-refractivity contribution in [3.05, 3.63) is 95.6 Å². The summed E-state index contributed by atoms with van der Waals surface area (Å²) >= 11 is 0. The number of nitrogens with zero attached hydrogens (tertiary/aromatic N) is 2. The fourth-order valence-corrected chi connectivity index (χ4v) is 7.29. The van der Waals surface area contributed by atoms with Crippen molar-refractivity contribution in [1.29, 1.82) is 0 Å². The minimum absolute atomic E-state index is 0.0293. The van der Waals surface area contributed by atoms with Gasteiger partial charge in [0.15, 0.2) is 0 Å². The molecular weight excluding hydrogens is 578 g/mol. The molecule has 0 aromatic heterocycles. The van der Waals surface area contributed by atoms with Crippen LogP contribution in [0.2, 0.25) is 0 Å². The maximum absolute atomic E-state index is 14.0. The molecule has 2 aliphatic heterocycles. The molecule has 0 spiro atoms. The number of sulfonamides is 1. The highest BCUT2D eigenvalue weighted by atomic mass is 32.2. The topological polar surface area (TPSA) is 105 Å². The molecule has 2 heterocycles. The lowest BCUT2D eigenvalue weighted by molar-refractivity contribution is -0.141. The first-order valence-corrected chi connectivity index (χ1v) is 16.7. The van der Waals surface area contributed by atoms with Crippen LogP contribution in [-0.2, 0) is 37.3 Å². The predicted molar refractivity (Wildman–Crippen MR) is 167 cm³/mol. The van der Waals surface area contributed by atoms with Crippen LogP contribution in [0.4, 0.5) is 0 Å². The van der Waals surface area contributed by atoms with E-state index in [2.05, 4.69) is 5.32 Å². The summed E-state index contributed by atoms with van der Waals surface area (Å²) in [6, 6.07) is 22.7. The zero-order chi connectivity index (χ0) is 30.9. The van der Waals surface area contributed by atoms with E-state index in [9.17, 15) is 18.0 Å². The molecule has 0 saturated carbocycles. The highest BCUT2D eigenvalue weighted by Crippen LogP contribution is 2.27. The summed E-state index contributed by atoms with van der Waals surface area (Å²) in [6.07, 6.45) is 4.14. The third-order valence-corrected chi connectivity index (χ3v) is 10.2. The van der Waals surface area contributed by atoms with Gasteiger partial charge in [0.1, 0.15) is 11.8 Å². The number of nitrogens with one attached hydrogen (secondary N) is 1. The Kier molecular flexibility index (Phi) is 10.7.